The first kappa shape index (κ1) is 15.7. The van der Waals surface area contributed by atoms with Crippen LogP contribution in [0.15, 0.2) is 67.0 Å². The molecular weight excluding hydrogens is 306 g/mol. The Kier molecular flexibility index (Phi) is 4.86. The fourth-order valence-corrected chi connectivity index (χ4v) is 2.06. The normalized spacial score (nSPS) is 11.7. The van der Waals surface area contributed by atoms with Gasteiger partial charge in [-0.05, 0) is 24.6 Å². The summed E-state index contributed by atoms with van der Waals surface area (Å²) in [4.78, 5) is 16.0. The van der Waals surface area contributed by atoms with Gasteiger partial charge in [-0.2, -0.15) is 4.98 Å². The van der Waals surface area contributed by atoms with Crippen LogP contribution in [-0.2, 0) is 16.1 Å². The molecule has 0 N–H and O–H groups in total. The molecule has 1 heterocycles. The van der Waals surface area contributed by atoms with Gasteiger partial charge < -0.3 is 9.47 Å². The standard InChI is InChI=1S/C18H17N3O3/c1-14(17(22)23-12-15-8-4-2-5-9-15)24-18-19-13-21(20-18)16-10-6-3-7-11-16/h2-11,13-14H,12H2,1H3. The second-order valence-corrected chi connectivity index (χ2v) is 5.16. The van der Waals surface area contributed by atoms with Crippen molar-refractivity contribution in [1.29, 1.82) is 0 Å². The first-order chi connectivity index (χ1) is 11.7. The monoisotopic (exact) mass is 323 g/mol. The van der Waals surface area contributed by atoms with E-state index in [1.807, 2.05) is 60.7 Å². The molecule has 122 valence electrons. The largest absolute Gasteiger partial charge is 0.458 e. The lowest BCUT2D eigenvalue weighted by atomic mass is 10.2. The van der Waals surface area contributed by atoms with Gasteiger partial charge in [0.05, 0.1) is 5.69 Å². The van der Waals surface area contributed by atoms with Crippen LogP contribution in [0.2, 0.25) is 0 Å². The number of aromatic nitrogens is 3. The van der Waals surface area contributed by atoms with Crippen molar-refractivity contribution in [3.05, 3.63) is 72.6 Å². The average Bonchev–Trinajstić information content (AvgIpc) is 3.10. The van der Waals surface area contributed by atoms with Crippen molar-refractivity contribution in [2.75, 3.05) is 0 Å². The molecule has 3 aromatic rings. The molecule has 1 atom stereocenters. The summed E-state index contributed by atoms with van der Waals surface area (Å²) in [6.45, 7) is 1.82. The summed E-state index contributed by atoms with van der Waals surface area (Å²) in [7, 11) is 0. The summed E-state index contributed by atoms with van der Waals surface area (Å²) in [6.07, 6.45) is 0.743. The minimum Gasteiger partial charge on any atom is -0.458 e. The molecule has 0 radical (unpaired) electrons. The number of esters is 1. The molecule has 0 aliphatic carbocycles. The molecule has 0 bridgehead atoms. The average molecular weight is 323 g/mol. The minimum absolute atomic E-state index is 0.128. The highest BCUT2D eigenvalue weighted by Gasteiger charge is 2.18. The SMILES string of the molecule is CC(Oc1ncn(-c2ccccc2)n1)C(=O)OCc1ccccc1. The zero-order valence-electron chi connectivity index (χ0n) is 13.2. The van der Waals surface area contributed by atoms with E-state index in [4.69, 9.17) is 9.47 Å². The fraction of sp³-hybridized carbons (Fsp3) is 0.167. The van der Waals surface area contributed by atoms with Gasteiger partial charge in [0.1, 0.15) is 12.9 Å². The Morgan fingerprint density at radius 2 is 1.75 bits per heavy atom. The molecule has 0 spiro atoms. The maximum atomic E-state index is 12.0. The molecule has 0 saturated carbocycles. The summed E-state index contributed by atoms with van der Waals surface area (Å²) < 4.78 is 12.3. The van der Waals surface area contributed by atoms with Crippen LogP contribution < -0.4 is 4.74 Å². The molecule has 0 amide bonds. The summed E-state index contributed by atoms with van der Waals surface area (Å²) in [5.41, 5.74) is 1.78. The molecule has 6 heteroatoms. The molecule has 1 unspecified atom stereocenters. The third-order valence-electron chi connectivity index (χ3n) is 3.33. The van der Waals surface area contributed by atoms with Crippen LogP contribution in [0.4, 0.5) is 0 Å². The molecule has 0 saturated heterocycles. The van der Waals surface area contributed by atoms with Gasteiger partial charge in [-0.15, -0.1) is 5.10 Å². The van der Waals surface area contributed by atoms with E-state index >= 15 is 0 Å². The highest BCUT2D eigenvalue weighted by molar-refractivity contribution is 5.74. The van der Waals surface area contributed by atoms with Crippen LogP contribution in [0.3, 0.4) is 0 Å². The maximum Gasteiger partial charge on any atom is 0.347 e. The first-order valence-corrected chi connectivity index (χ1v) is 7.56. The number of para-hydroxylation sites is 1. The minimum atomic E-state index is -0.791. The second-order valence-electron chi connectivity index (χ2n) is 5.16. The quantitative estimate of drug-likeness (QED) is 0.653. The first-order valence-electron chi connectivity index (χ1n) is 7.56. The lowest BCUT2D eigenvalue weighted by Crippen LogP contribution is -2.26. The number of ether oxygens (including phenoxy) is 2. The molecule has 3 rings (SSSR count). The van der Waals surface area contributed by atoms with Crippen molar-refractivity contribution < 1.29 is 14.3 Å². The zero-order chi connectivity index (χ0) is 16.8. The number of nitrogens with zero attached hydrogens (tertiary/aromatic N) is 3. The number of rotatable bonds is 6. The molecule has 6 nitrogen and oxygen atoms in total. The van der Waals surface area contributed by atoms with Crippen LogP contribution in [0.1, 0.15) is 12.5 Å². The van der Waals surface area contributed by atoms with E-state index in [1.54, 1.807) is 11.6 Å². The van der Waals surface area contributed by atoms with Gasteiger partial charge in [-0.25, -0.2) is 9.48 Å². The van der Waals surface area contributed by atoms with Crippen LogP contribution in [0.25, 0.3) is 5.69 Å². The van der Waals surface area contributed by atoms with Gasteiger partial charge in [0.25, 0.3) is 0 Å². The fourth-order valence-electron chi connectivity index (χ4n) is 2.06. The third-order valence-corrected chi connectivity index (χ3v) is 3.33. The molecule has 24 heavy (non-hydrogen) atoms. The van der Waals surface area contributed by atoms with Crippen LogP contribution >= 0.6 is 0 Å². The van der Waals surface area contributed by atoms with Gasteiger partial charge >= 0.3 is 12.0 Å². The van der Waals surface area contributed by atoms with Gasteiger partial charge in [0.15, 0.2) is 6.10 Å². The maximum absolute atomic E-state index is 12.0. The van der Waals surface area contributed by atoms with Crippen molar-refractivity contribution in [2.24, 2.45) is 0 Å². The Hall–Kier alpha value is -3.15. The Morgan fingerprint density at radius 1 is 1.08 bits per heavy atom. The van der Waals surface area contributed by atoms with E-state index < -0.39 is 12.1 Å². The van der Waals surface area contributed by atoms with Crippen LogP contribution in [-0.4, -0.2) is 26.8 Å². The predicted octanol–water partition coefficient (Wildman–Crippen LogP) is 2.78. The smallest absolute Gasteiger partial charge is 0.347 e. The van der Waals surface area contributed by atoms with Crippen molar-refractivity contribution in [3.63, 3.8) is 0 Å². The zero-order valence-corrected chi connectivity index (χ0v) is 13.2. The Bertz CT molecular complexity index is 788. The Morgan fingerprint density at radius 3 is 2.46 bits per heavy atom. The van der Waals surface area contributed by atoms with E-state index in [0.29, 0.717) is 0 Å². The van der Waals surface area contributed by atoms with Crippen molar-refractivity contribution >= 4 is 5.97 Å². The van der Waals surface area contributed by atoms with E-state index in [9.17, 15) is 4.79 Å². The number of carbonyl (C=O) groups is 1. The van der Waals surface area contributed by atoms with Crippen LogP contribution in [0, 0.1) is 0 Å². The number of benzene rings is 2. The molecule has 0 aliphatic rings. The Balaban J connectivity index is 1.55. The molecular formula is C18H17N3O3. The summed E-state index contributed by atoms with van der Waals surface area (Å²) >= 11 is 0. The number of hydrogen-bond donors (Lipinski definition) is 0. The number of carbonyl (C=O) groups excluding carboxylic acids is 1. The van der Waals surface area contributed by atoms with Crippen LogP contribution in [0.5, 0.6) is 6.01 Å². The lowest BCUT2D eigenvalue weighted by Gasteiger charge is -2.11. The van der Waals surface area contributed by atoms with Gasteiger partial charge in [0.2, 0.25) is 0 Å². The summed E-state index contributed by atoms with van der Waals surface area (Å²) in [6, 6.07) is 19.1. The third kappa shape index (κ3) is 3.98. The second kappa shape index (κ2) is 7.41. The predicted molar refractivity (Wildman–Crippen MR) is 87.7 cm³/mol. The van der Waals surface area contributed by atoms with E-state index in [0.717, 1.165) is 11.3 Å². The lowest BCUT2D eigenvalue weighted by molar-refractivity contribution is -0.152. The topological polar surface area (TPSA) is 66.2 Å². The molecule has 2 aromatic carbocycles. The highest BCUT2D eigenvalue weighted by Crippen LogP contribution is 2.10. The molecule has 0 fully saturated rings. The van der Waals surface area contributed by atoms with Crippen molar-refractivity contribution in [1.82, 2.24) is 14.8 Å². The van der Waals surface area contributed by atoms with Gasteiger partial charge in [0, 0.05) is 0 Å². The summed E-state index contributed by atoms with van der Waals surface area (Å²) in [5.74, 6) is -0.463. The molecule has 1 aromatic heterocycles. The van der Waals surface area contributed by atoms with E-state index in [1.165, 1.54) is 6.33 Å². The van der Waals surface area contributed by atoms with E-state index in [2.05, 4.69) is 10.1 Å². The highest BCUT2D eigenvalue weighted by atomic mass is 16.6. The van der Waals surface area contributed by atoms with E-state index in [-0.39, 0.29) is 12.6 Å². The summed E-state index contributed by atoms with van der Waals surface area (Å²) in [5, 5.41) is 4.20. The van der Waals surface area contributed by atoms with Gasteiger partial charge in [-0.1, -0.05) is 48.5 Å². The number of hydrogen-bond acceptors (Lipinski definition) is 5. The van der Waals surface area contributed by atoms with Crippen molar-refractivity contribution in [3.8, 4) is 11.7 Å². The Labute approximate surface area is 139 Å². The molecule has 0 aliphatic heterocycles. The van der Waals surface area contributed by atoms with Gasteiger partial charge in [-0.3, -0.25) is 0 Å². The van der Waals surface area contributed by atoms with Crippen molar-refractivity contribution in [2.45, 2.75) is 19.6 Å².